The molecule has 0 amide bonds. The molecule has 0 aliphatic rings. The van der Waals surface area contributed by atoms with Crippen molar-refractivity contribution >= 4 is 0 Å². The molecule has 1 heteroatoms. The molecule has 1 rings (SSSR count). The zero-order chi connectivity index (χ0) is 9.68. The maximum atomic E-state index is 9.10. The van der Waals surface area contributed by atoms with Gasteiger partial charge < -0.3 is 5.11 Å². The van der Waals surface area contributed by atoms with E-state index in [2.05, 4.69) is 19.1 Å². The first-order chi connectivity index (χ1) is 6.24. The average Bonchev–Trinajstić information content (AvgIpc) is 2.15. The Labute approximate surface area is 79.7 Å². The molecular formula is C12H16O. The Hall–Kier alpha value is -1.24. The van der Waals surface area contributed by atoms with Crippen molar-refractivity contribution in [3.8, 4) is 5.75 Å². The van der Waals surface area contributed by atoms with Gasteiger partial charge in [0, 0.05) is 0 Å². The Morgan fingerprint density at radius 3 is 2.46 bits per heavy atom. The third kappa shape index (κ3) is 2.94. The van der Waals surface area contributed by atoms with E-state index in [1.807, 2.05) is 19.1 Å². The van der Waals surface area contributed by atoms with Gasteiger partial charge in [0.1, 0.15) is 5.75 Å². The molecule has 0 aliphatic carbocycles. The largest absolute Gasteiger partial charge is 0.508 e. The fourth-order valence-electron chi connectivity index (χ4n) is 1.28. The number of phenols is 1. The van der Waals surface area contributed by atoms with Crippen LogP contribution in [0.1, 0.15) is 31.7 Å². The number of rotatable bonds is 3. The van der Waals surface area contributed by atoms with Gasteiger partial charge in [-0.15, -0.1) is 0 Å². The predicted octanol–water partition coefficient (Wildman–Crippen LogP) is 3.46. The molecule has 0 saturated carbocycles. The van der Waals surface area contributed by atoms with Crippen molar-refractivity contribution < 1.29 is 5.11 Å². The molecule has 1 unspecified atom stereocenters. The summed E-state index contributed by atoms with van der Waals surface area (Å²) in [6, 6.07) is 7.43. The first-order valence-electron chi connectivity index (χ1n) is 4.64. The molecule has 0 spiro atoms. The summed E-state index contributed by atoms with van der Waals surface area (Å²) in [4.78, 5) is 0. The second kappa shape index (κ2) is 4.70. The number of aromatic hydroxyl groups is 1. The Morgan fingerprint density at radius 1 is 1.31 bits per heavy atom. The molecule has 70 valence electrons. The molecule has 0 saturated heterocycles. The highest BCUT2D eigenvalue weighted by Crippen LogP contribution is 2.21. The first kappa shape index (κ1) is 9.85. The lowest BCUT2D eigenvalue weighted by Gasteiger charge is -2.08. The minimum Gasteiger partial charge on any atom is -0.508 e. The van der Waals surface area contributed by atoms with Crippen LogP contribution >= 0.6 is 0 Å². The second-order valence-corrected chi connectivity index (χ2v) is 3.30. The molecule has 1 atom stereocenters. The summed E-state index contributed by atoms with van der Waals surface area (Å²) in [6.45, 7) is 4.22. The van der Waals surface area contributed by atoms with Gasteiger partial charge in [-0.05, 0) is 37.0 Å². The lowest BCUT2D eigenvalue weighted by molar-refractivity contribution is 0.475. The zero-order valence-corrected chi connectivity index (χ0v) is 8.20. The van der Waals surface area contributed by atoms with Crippen LogP contribution in [0.3, 0.4) is 0 Å². The summed E-state index contributed by atoms with van der Waals surface area (Å²) in [5.41, 5.74) is 1.27. The second-order valence-electron chi connectivity index (χ2n) is 3.30. The first-order valence-corrected chi connectivity index (χ1v) is 4.64. The number of hydrogen-bond acceptors (Lipinski definition) is 1. The lowest BCUT2D eigenvalue weighted by Crippen LogP contribution is -1.90. The van der Waals surface area contributed by atoms with Crippen LogP contribution in [0.15, 0.2) is 36.4 Å². The Morgan fingerprint density at radius 2 is 1.92 bits per heavy atom. The summed E-state index contributed by atoms with van der Waals surface area (Å²) >= 11 is 0. The van der Waals surface area contributed by atoms with Gasteiger partial charge in [0.15, 0.2) is 0 Å². The van der Waals surface area contributed by atoms with E-state index in [0.717, 1.165) is 6.42 Å². The van der Waals surface area contributed by atoms with Crippen molar-refractivity contribution in [2.24, 2.45) is 0 Å². The molecule has 1 aromatic rings. The summed E-state index contributed by atoms with van der Waals surface area (Å²) < 4.78 is 0. The maximum absolute atomic E-state index is 9.10. The monoisotopic (exact) mass is 176 g/mol. The Bertz CT molecular complexity index is 272. The topological polar surface area (TPSA) is 20.2 Å². The van der Waals surface area contributed by atoms with Crippen LogP contribution in [0.25, 0.3) is 0 Å². The van der Waals surface area contributed by atoms with Crippen LogP contribution in [0.2, 0.25) is 0 Å². The van der Waals surface area contributed by atoms with Gasteiger partial charge in [-0.3, -0.25) is 0 Å². The van der Waals surface area contributed by atoms with Crippen LogP contribution in [0, 0.1) is 0 Å². The van der Waals surface area contributed by atoms with Crippen LogP contribution in [-0.4, -0.2) is 5.11 Å². The standard InChI is InChI=1S/C12H16O/c1-3-4-5-10(2)11-6-8-12(13)9-7-11/h3-4,6-10,13H,5H2,1-2H3/b4-3-. The molecule has 1 N–H and O–H groups in total. The average molecular weight is 176 g/mol. The minimum absolute atomic E-state index is 0.335. The van der Waals surface area contributed by atoms with Crippen molar-refractivity contribution in [1.82, 2.24) is 0 Å². The van der Waals surface area contributed by atoms with Crippen molar-refractivity contribution in [2.75, 3.05) is 0 Å². The third-order valence-corrected chi connectivity index (χ3v) is 2.19. The molecule has 0 fully saturated rings. The van der Waals surface area contributed by atoms with E-state index >= 15 is 0 Å². The molecule has 0 bridgehead atoms. The Balaban J connectivity index is 2.66. The fraction of sp³-hybridized carbons (Fsp3) is 0.333. The van der Waals surface area contributed by atoms with Gasteiger partial charge in [0.05, 0.1) is 0 Å². The van der Waals surface area contributed by atoms with E-state index < -0.39 is 0 Å². The number of phenolic OH excluding ortho intramolecular Hbond substituents is 1. The van der Waals surface area contributed by atoms with Gasteiger partial charge in [-0.2, -0.15) is 0 Å². The minimum atomic E-state index is 0.335. The highest BCUT2D eigenvalue weighted by atomic mass is 16.3. The van der Waals surface area contributed by atoms with Crippen molar-refractivity contribution in [3.63, 3.8) is 0 Å². The quantitative estimate of drug-likeness (QED) is 0.699. The molecule has 1 aromatic carbocycles. The Kier molecular flexibility index (Phi) is 3.56. The van der Waals surface area contributed by atoms with Gasteiger partial charge in [-0.25, -0.2) is 0 Å². The van der Waals surface area contributed by atoms with Gasteiger partial charge in [-0.1, -0.05) is 31.2 Å². The lowest BCUT2D eigenvalue weighted by atomic mass is 9.98. The van der Waals surface area contributed by atoms with Crippen LogP contribution in [0.5, 0.6) is 5.75 Å². The van der Waals surface area contributed by atoms with Gasteiger partial charge in [0.2, 0.25) is 0 Å². The molecule has 0 aliphatic heterocycles. The summed E-state index contributed by atoms with van der Waals surface area (Å²) in [7, 11) is 0. The zero-order valence-electron chi connectivity index (χ0n) is 8.20. The van der Waals surface area contributed by atoms with E-state index in [1.165, 1.54) is 5.56 Å². The highest BCUT2D eigenvalue weighted by molar-refractivity contribution is 5.28. The molecule has 0 aromatic heterocycles. The summed E-state index contributed by atoms with van der Waals surface area (Å²) in [5.74, 6) is 0.860. The molecule has 0 radical (unpaired) electrons. The van der Waals surface area contributed by atoms with E-state index in [9.17, 15) is 0 Å². The summed E-state index contributed by atoms with van der Waals surface area (Å²) in [6.07, 6.45) is 5.29. The van der Waals surface area contributed by atoms with Crippen molar-refractivity contribution in [2.45, 2.75) is 26.2 Å². The maximum Gasteiger partial charge on any atom is 0.115 e. The number of benzene rings is 1. The van der Waals surface area contributed by atoms with E-state index in [0.29, 0.717) is 11.7 Å². The van der Waals surface area contributed by atoms with Crippen LogP contribution in [0.4, 0.5) is 0 Å². The number of hydrogen-bond donors (Lipinski definition) is 1. The van der Waals surface area contributed by atoms with E-state index in [1.54, 1.807) is 12.1 Å². The van der Waals surface area contributed by atoms with E-state index in [4.69, 9.17) is 5.11 Å². The van der Waals surface area contributed by atoms with Crippen molar-refractivity contribution in [3.05, 3.63) is 42.0 Å². The normalized spacial score (nSPS) is 13.4. The number of allylic oxidation sites excluding steroid dienone is 2. The SMILES string of the molecule is C/C=C\CC(C)c1ccc(O)cc1. The van der Waals surface area contributed by atoms with Crippen molar-refractivity contribution in [1.29, 1.82) is 0 Å². The molecule has 13 heavy (non-hydrogen) atoms. The smallest absolute Gasteiger partial charge is 0.115 e. The molecule has 0 heterocycles. The summed E-state index contributed by atoms with van der Waals surface area (Å²) in [5, 5.41) is 9.10. The van der Waals surface area contributed by atoms with Crippen LogP contribution in [-0.2, 0) is 0 Å². The third-order valence-electron chi connectivity index (χ3n) is 2.19. The van der Waals surface area contributed by atoms with Gasteiger partial charge >= 0.3 is 0 Å². The van der Waals surface area contributed by atoms with E-state index in [-0.39, 0.29) is 0 Å². The van der Waals surface area contributed by atoms with Crippen LogP contribution < -0.4 is 0 Å². The predicted molar refractivity (Wildman–Crippen MR) is 56.0 cm³/mol. The molecular weight excluding hydrogens is 160 g/mol. The molecule has 1 nitrogen and oxygen atoms in total. The van der Waals surface area contributed by atoms with Gasteiger partial charge in [0.25, 0.3) is 0 Å². The highest BCUT2D eigenvalue weighted by Gasteiger charge is 2.02. The fourth-order valence-corrected chi connectivity index (χ4v) is 1.28.